The number of carbonyl (C=O) groups is 2. The Hall–Kier alpha value is -15.1. The molecule has 16 heterocycles. The Balaban J connectivity index is 0.000000161. The molecule has 4 fully saturated rings. The molecule has 142 heavy (non-hydrogen) atoms. The van der Waals surface area contributed by atoms with Gasteiger partial charge in [0, 0.05) is 234 Å². The predicted molar refractivity (Wildman–Crippen MR) is 573 cm³/mol. The number of tetrazole rings is 1. The van der Waals surface area contributed by atoms with Crippen molar-refractivity contribution in [1.29, 1.82) is 0 Å². The lowest BCUT2D eigenvalue weighted by molar-refractivity contribution is 0.0591. The Labute approximate surface area is 840 Å². The van der Waals surface area contributed by atoms with Gasteiger partial charge in [0.25, 0.3) is 0 Å². The van der Waals surface area contributed by atoms with E-state index in [1.165, 1.54) is 99.5 Å². The largest absolute Gasteiger partial charge is 0.465 e. The maximum absolute atomic E-state index is 11.2. The van der Waals surface area contributed by atoms with E-state index < -0.39 is 0 Å². The van der Waals surface area contributed by atoms with Crippen LogP contribution in [0.25, 0.3) is 28.1 Å². The number of halogens is 1. The summed E-state index contributed by atoms with van der Waals surface area (Å²) in [5.74, 6) is 14.2. The first-order valence-corrected chi connectivity index (χ1v) is 48.2. The number of nitrogens with zero attached hydrogens (tertiary/aromatic N) is 25. The number of carbonyl (C=O) groups excluding carboxylic acids is 2. The molecule has 13 aromatic rings. The lowest BCUT2D eigenvalue weighted by Gasteiger charge is -2.04. The van der Waals surface area contributed by atoms with Crippen molar-refractivity contribution in [3.05, 3.63) is 228 Å². The van der Waals surface area contributed by atoms with Gasteiger partial charge in [0.15, 0.2) is 17.5 Å². The Bertz CT molecular complexity index is 6220. The molecule has 39 nitrogen and oxygen atoms in total. The van der Waals surface area contributed by atoms with Crippen molar-refractivity contribution >= 4 is 116 Å². The van der Waals surface area contributed by atoms with Crippen LogP contribution in [-0.4, -0.2) is 238 Å². The van der Waals surface area contributed by atoms with Gasteiger partial charge in [-0.05, 0) is 241 Å². The maximum atomic E-state index is 11.2. The van der Waals surface area contributed by atoms with Crippen LogP contribution >= 0.6 is 15.9 Å². The zero-order valence-electron chi connectivity index (χ0n) is 86.4. The number of allylic oxidation sites excluding steroid dienone is 1. The second kappa shape index (κ2) is 53.9. The van der Waals surface area contributed by atoms with Gasteiger partial charge in [0.2, 0.25) is 0 Å². The SMILES string of the molecule is CCc1cc(C(=O)OC)cc(Br)n1.CCc1cc(C(=O)OC)cc(C)n1.CNc1cc(-c2c(C)noc2C)ccn1.CNc1cc(-c2nnnn2C)cc(C)n1.CNc1cc(C2=CCN=C2)ccn1.CNc1cc(C2=NCC(C)=N2)cc(C)n1.CNc1cc(C2=NCC=N2)cc(C)n1.CNc1cc(C2CC2)nn1C.CNc1cc(C2CC2)nn1C.CNc1cc(C2CC2)nn1C.CNc1cc(C2CC2)nn1C. The lowest BCUT2D eigenvalue weighted by Crippen LogP contribution is -2.04. The van der Waals surface area contributed by atoms with Gasteiger partial charge in [-0.15, -0.1) is 5.10 Å². The summed E-state index contributed by atoms with van der Waals surface area (Å²) in [5.41, 5.74) is 21.0. The number of nitrogens with one attached hydrogen (secondary N) is 9. The second-order valence-corrected chi connectivity index (χ2v) is 34.8. The highest BCUT2D eigenvalue weighted by atomic mass is 79.9. The number of esters is 2. The molecule has 13 aromatic heterocycles. The summed E-state index contributed by atoms with van der Waals surface area (Å²) < 4.78 is 24.2. The van der Waals surface area contributed by atoms with Crippen molar-refractivity contribution in [1.82, 2.24) is 99.4 Å². The van der Waals surface area contributed by atoms with Crippen LogP contribution in [0.4, 0.5) is 52.4 Å². The highest BCUT2D eigenvalue weighted by Gasteiger charge is 2.30. The fraction of sp³-hybridized carbons (Fsp3) is 0.412. The van der Waals surface area contributed by atoms with Gasteiger partial charge in [-0.25, -0.2) is 54.2 Å². The number of aromatic nitrogens is 20. The molecule has 7 aliphatic rings. The Morgan fingerprint density at radius 2 is 0.852 bits per heavy atom. The van der Waals surface area contributed by atoms with Crippen LogP contribution in [-0.2, 0) is 57.6 Å². The van der Waals surface area contributed by atoms with E-state index in [2.05, 4.69) is 205 Å². The first-order valence-electron chi connectivity index (χ1n) is 47.4. The van der Waals surface area contributed by atoms with Crippen molar-refractivity contribution in [2.75, 3.05) is 145 Å². The quantitative estimate of drug-likeness (QED) is 0.0225. The molecule has 0 bridgehead atoms. The fourth-order valence-electron chi connectivity index (χ4n) is 14.6. The number of ether oxygens (including phenoxy) is 2. The molecule has 4 saturated carbocycles. The van der Waals surface area contributed by atoms with E-state index in [-0.39, 0.29) is 11.9 Å². The summed E-state index contributed by atoms with van der Waals surface area (Å²) >= 11 is 3.23. The van der Waals surface area contributed by atoms with E-state index in [1.807, 2.05) is 253 Å². The van der Waals surface area contributed by atoms with E-state index in [9.17, 15) is 9.59 Å². The van der Waals surface area contributed by atoms with E-state index in [0.717, 1.165) is 192 Å². The Morgan fingerprint density at radius 1 is 0.444 bits per heavy atom. The number of amidine groups is 2. The average Bonchev–Trinajstić information content (AvgIpc) is 1.66. The predicted octanol–water partition coefficient (Wildman–Crippen LogP) is 16.8. The molecule has 3 aliphatic heterocycles. The summed E-state index contributed by atoms with van der Waals surface area (Å²) in [5, 5.41) is 60.3. The molecule has 9 N–H and O–H groups in total. The second-order valence-electron chi connectivity index (χ2n) is 34.0. The fourth-order valence-corrected chi connectivity index (χ4v) is 15.0. The van der Waals surface area contributed by atoms with Gasteiger partial charge in [-0.3, -0.25) is 38.7 Å². The zero-order chi connectivity index (χ0) is 103. The zero-order valence-corrected chi connectivity index (χ0v) is 88.0. The van der Waals surface area contributed by atoms with Crippen LogP contribution < -0.4 is 47.9 Å². The van der Waals surface area contributed by atoms with Crippen molar-refractivity contribution in [2.24, 2.45) is 60.2 Å². The summed E-state index contributed by atoms with van der Waals surface area (Å²) in [4.78, 5) is 73.4. The molecule has 0 amide bonds. The molecule has 752 valence electrons. The summed E-state index contributed by atoms with van der Waals surface area (Å²) in [6.45, 7) is 19.8. The minimum atomic E-state index is -0.335. The van der Waals surface area contributed by atoms with Crippen LogP contribution in [0.15, 0.2) is 162 Å². The average molecular weight is 2000 g/mol. The first kappa shape index (κ1) is 109. The van der Waals surface area contributed by atoms with Crippen LogP contribution in [0, 0.1) is 41.5 Å². The normalized spacial score (nSPS) is 13.5. The minimum absolute atomic E-state index is 0.305. The van der Waals surface area contributed by atoms with E-state index in [1.54, 1.807) is 41.3 Å². The Morgan fingerprint density at radius 3 is 1.21 bits per heavy atom. The van der Waals surface area contributed by atoms with Crippen molar-refractivity contribution < 1.29 is 23.6 Å². The van der Waals surface area contributed by atoms with Gasteiger partial charge in [0.1, 0.15) is 62.7 Å². The van der Waals surface area contributed by atoms with Gasteiger partial charge < -0.3 is 61.8 Å². The first-order chi connectivity index (χ1) is 68.4. The number of anilines is 9. The number of hydrogen-bond donors (Lipinski definition) is 9. The molecule has 4 aliphatic carbocycles. The number of aliphatic imine (C=N–C) groups is 5. The van der Waals surface area contributed by atoms with Gasteiger partial charge in [-0.1, -0.05) is 25.1 Å². The molecule has 0 aromatic carbocycles. The molecule has 0 atom stereocenters. The molecule has 40 heteroatoms. The van der Waals surface area contributed by atoms with Gasteiger partial charge in [-0.2, -0.15) is 20.4 Å². The molecular weight excluding hydrogens is 1860 g/mol. The van der Waals surface area contributed by atoms with Gasteiger partial charge >= 0.3 is 11.9 Å². The highest BCUT2D eigenvalue weighted by molar-refractivity contribution is 9.10. The van der Waals surface area contributed by atoms with Gasteiger partial charge in [0.05, 0.1) is 73.5 Å². The number of rotatable bonds is 22. The van der Waals surface area contributed by atoms with E-state index in [0.29, 0.717) is 28.8 Å². The molecular formula is C102H137BrN34O5. The van der Waals surface area contributed by atoms with E-state index in [4.69, 9.17) is 4.52 Å². The van der Waals surface area contributed by atoms with Crippen molar-refractivity contribution in [3.63, 3.8) is 0 Å². The molecule has 0 radical (unpaired) electrons. The summed E-state index contributed by atoms with van der Waals surface area (Å²) in [7, 11) is 29.4. The summed E-state index contributed by atoms with van der Waals surface area (Å²) in [6.07, 6.45) is 21.6. The van der Waals surface area contributed by atoms with Crippen molar-refractivity contribution in [2.45, 2.75) is 150 Å². The third-order valence-electron chi connectivity index (χ3n) is 22.7. The number of aryl methyl sites for hydroxylation is 13. The third-order valence-corrected chi connectivity index (χ3v) is 23.1. The van der Waals surface area contributed by atoms with Crippen LogP contribution in [0.2, 0.25) is 0 Å². The monoisotopic (exact) mass is 2000 g/mol. The highest BCUT2D eigenvalue weighted by Crippen LogP contribution is 2.43. The Kier molecular flexibility index (Phi) is 41.3. The van der Waals surface area contributed by atoms with Crippen molar-refractivity contribution in [3.8, 4) is 22.5 Å². The smallest absolute Gasteiger partial charge is 0.338 e. The standard InChI is InChI=1S/C11H14N4.C11H13N3O.C10H12N4.C10H11N3.C10H13NO2.C9H10BrNO2.C9H12N6.4C8H13N3/c1-7-4-9(5-10(12-3)14-7)11-13-6-8(2)15-11;1-7-11(8(2)15-14-7)9-4-5-13-10(6-9)12-3;1-7-5-8(6-9(11-2)14-7)10-12-3-4-13-10;1-11-10-6-8(3-5-13-10)9-2-4-12-7-9;1-4-9-6-8(10(12)13-3)5-7(2)11-9;1-3-7-4-6(9(12)13-2)5-8(10)11-7;1-6-4-7(5-8(10-2)11-6)9-12-13-14-15(9)3;4*1-9-8-5-7(6-3-4-6)10-11(8)2/h4-5H,6H2,1-3H3,(H,12,14);4-6H,1-3H3,(H,12,13);3,5-6H,4H2,1-2H3,(H,11,14);2-3,5-7H,4H2,1H3,(H,11,13);5-6H,4H2,1-3H3;4-5H,3H2,1-2H3;4-5H,1-3H3,(H,10,11);4*5-6,9H,3-4H2,1-2H3. The van der Waals surface area contributed by atoms with Crippen LogP contribution in [0.3, 0.4) is 0 Å². The third kappa shape index (κ3) is 33.0. The molecule has 20 rings (SSSR count). The topological polar surface area (TPSA) is 454 Å². The van der Waals surface area contributed by atoms with E-state index >= 15 is 0 Å². The number of hydrogen-bond acceptors (Lipinski definition) is 34. The number of pyridine rings is 7. The van der Waals surface area contributed by atoms with Crippen LogP contribution in [0.5, 0.6) is 0 Å². The lowest BCUT2D eigenvalue weighted by atomic mass is 10.1. The molecule has 0 unspecified atom stereocenters. The molecule has 0 spiro atoms. The molecule has 0 saturated heterocycles. The van der Waals surface area contributed by atoms with Crippen LogP contribution in [0.1, 0.15) is 202 Å². The minimum Gasteiger partial charge on any atom is -0.465 e. The number of methoxy groups -OCH3 is 2. The maximum Gasteiger partial charge on any atom is 0.338 e. The summed E-state index contributed by atoms with van der Waals surface area (Å²) in [6, 6.07) is 35.1.